The molecule has 1 aromatic carbocycles. The average molecular weight is 250 g/mol. The van der Waals surface area contributed by atoms with Gasteiger partial charge >= 0.3 is 0 Å². The van der Waals surface area contributed by atoms with Crippen LogP contribution in [0.4, 0.5) is 0 Å². The number of benzene rings is 1. The Kier molecular flexibility index (Phi) is 4.58. The molecule has 1 aromatic rings. The minimum Gasteiger partial charge on any atom is -0.496 e. The highest BCUT2D eigenvalue weighted by atomic mass is 16.5. The summed E-state index contributed by atoms with van der Waals surface area (Å²) in [5.41, 5.74) is 2.40. The molecule has 1 heterocycles. The molecular formula is C14H22N2O2. The van der Waals surface area contributed by atoms with Crippen LogP contribution >= 0.6 is 0 Å². The molecule has 4 nitrogen and oxygen atoms in total. The number of β-amino-alcohol motifs (C(OH)–C–C–N with tert-alkyl or cyclic N) is 1. The van der Waals surface area contributed by atoms with Gasteiger partial charge in [-0.2, -0.15) is 0 Å². The van der Waals surface area contributed by atoms with E-state index in [0.717, 1.165) is 30.9 Å². The van der Waals surface area contributed by atoms with Crippen molar-refractivity contribution in [2.75, 3.05) is 26.7 Å². The molecule has 0 radical (unpaired) electrons. The summed E-state index contributed by atoms with van der Waals surface area (Å²) in [5, 5.41) is 16.3. The van der Waals surface area contributed by atoms with Crippen LogP contribution < -0.4 is 15.4 Å². The molecule has 2 atom stereocenters. The van der Waals surface area contributed by atoms with Crippen molar-refractivity contribution in [3.63, 3.8) is 0 Å². The van der Waals surface area contributed by atoms with Crippen molar-refractivity contribution < 1.29 is 9.84 Å². The van der Waals surface area contributed by atoms with E-state index in [2.05, 4.69) is 23.6 Å². The smallest absolute Gasteiger partial charge is 0.123 e. The third-order valence-electron chi connectivity index (χ3n) is 3.46. The van der Waals surface area contributed by atoms with E-state index >= 15 is 0 Å². The highest BCUT2D eigenvalue weighted by Gasteiger charge is 2.24. The van der Waals surface area contributed by atoms with Gasteiger partial charge in [0.05, 0.1) is 13.2 Å². The molecule has 18 heavy (non-hydrogen) atoms. The molecule has 1 saturated heterocycles. The zero-order chi connectivity index (χ0) is 13.0. The quantitative estimate of drug-likeness (QED) is 0.719. The minimum absolute atomic E-state index is 0.225. The fourth-order valence-corrected chi connectivity index (χ4v) is 2.37. The second-order valence-electron chi connectivity index (χ2n) is 4.93. The molecular weight excluding hydrogens is 228 g/mol. The molecule has 1 aliphatic heterocycles. The van der Waals surface area contributed by atoms with Crippen molar-refractivity contribution in [2.24, 2.45) is 5.92 Å². The lowest BCUT2D eigenvalue weighted by Gasteiger charge is -2.15. The first kappa shape index (κ1) is 13.3. The summed E-state index contributed by atoms with van der Waals surface area (Å²) in [4.78, 5) is 0. The van der Waals surface area contributed by atoms with E-state index in [0.29, 0.717) is 12.5 Å². The highest BCUT2D eigenvalue weighted by molar-refractivity contribution is 5.36. The van der Waals surface area contributed by atoms with Gasteiger partial charge in [-0.15, -0.1) is 0 Å². The van der Waals surface area contributed by atoms with Crippen molar-refractivity contribution >= 4 is 0 Å². The summed E-state index contributed by atoms with van der Waals surface area (Å²) in [6.07, 6.45) is -0.225. The molecule has 0 saturated carbocycles. The predicted octanol–water partition coefficient (Wildman–Crippen LogP) is 0.674. The molecule has 1 fully saturated rings. The first-order valence-electron chi connectivity index (χ1n) is 6.43. The fraction of sp³-hybridized carbons (Fsp3) is 0.571. The number of ether oxygens (including phenoxy) is 1. The van der Waals surface area contributed by atoms with Crippen LogP contribution in [0.5, 0.6) is 5.75 Å². The molecule has 0 spiro atoms. The molecule has 100 valence electrons. The van der Waals surface area contributed by atoms with Crippen LogP contribution in [0.2, 0.25) is 0 Å². The van der Waals surface area contributed by atoms with E-state index in [1.165, 1.54) is 5.56 Å². The molecule has 2 rings (SSSR count). The molecule has 2 unspecified atom stereocenters. The third-order valence-corrected chi connectivity index (χ3v) is 3.46. The van der Waals surface area contributed by atoms with E-state index in [1.54, 1.807) is 7.11 Å². The summed E-state index contributed by atoms with van der Waals surface area (Å²) in [7, 11) is 1.69. The zero-order valence-corrected chi connectivity index (χ0v) is 11.1. The van der Waals surface area contributed by atoms with Crippen LogP contribution in [0.25, 0.3) is 0 Å². The third kappa shape index (κ3) is 3.22. The lowest BCUT2D eigenvalue weighted by atomic mass is 10.1. The van der Waals surface area contributed by atoms with E-state index in [1.807, 2.05) is 12.1 Å². The number of hydrogen-bond acceptors (Lipinski definition) is 4. The Labute approximate surface area is 108 Å². The zero-order valence-electron chi connectivity index (χ0n) is 11.1. The Morgan fingerprint density at radius 2 is 2.28 bits per heavy atom. The van der Waals surface area contributed by atoms with Gasteiger partial charge in [0.15, 0.2) is 0 Å². The topological polar surface area (TPSA) is 53.5 Å². The summed E-state index contributed by atoms with van der Waals surface area (Å²) < 4.78 is 5.34. The summed E-state index contributed by atoms with van der Waals surface area (Å²) >= 11 is 0. The van der Waals surface area contributed by atoms with Crippen LogP contribution in [-0.4, -0.2) is 38.0 Å². The van der Waals surface area contributed by atoms with E-state index in [4.69, 9.17) is 4.74 Å². The largest absolute Gasteiger partial charge is 0.496 e. The van der Waals surface area contributed by atoms with Crippen molar-refractivity contribution in [2.45, 2.75) is 19.6 Å². The maximum atomic E-state index is 9.70. The Balaban J connectivity index is 1.87. The lowest BCUT2D eigenvalue weighted by molar-refractivity contribution is 0.146. The van der Waals surface area contributed by atoms with Crippen LogP contribution in [0.15, 0.2) is 18.2 Å². The summed E-state index contributed by atoms with van der Waals surface area (Å²) in [5.74, 6) is 1.22. The Bertz CT molecular complexity index is 395. The minimum atomic E-state index is -0.225. The number of aliphatic hydroxyl groups is 1. The van der Waals surface area contributed by atoms with Gasteiger partial charge in [-0.3, -0.25) is 0 Å². The van der Waals surface area contributed by atoms with Crippen LogP contribution in [0, 0.1) is 12.8 Å². The fourth-order valence-electron chi connectivity index (χ4n) is 2.37. The Morgan fingerprint density at radius 1 is 1.44 bits per heavy atom. The molecule has 3 N–H and O–H groups in total. The molecule has 0 aliphatic carbocycles. The van der Waals surface area contributed by atoms with E-state index in [9.17, 15) is 5.11 Å². The highest BCUT2D eigenvalue weighted by Crippen LogP contribution is 2.19. The van der Waals surface area contributed by atoms with Crippen LogP contribution in [-0.2, 0) is 6.54 Å². The van der Waals surface area contributed by atoms with Crippen molar-refractivity contribution in [3.8, 4) is 5.75 Å². The average Bonchev–Trinajstić information content (AvgIpc) is 2.76. The normalized spacial score (nSPS) is 23.3. The molecule has 4 heteroatoms. The first-order valence-corrected chi connectivity index (χ1v) is 6.43. The van der Waals surface area contributed by atoms with Crippen molar-refractivity contribution in [1.82, 2.24) is 10.6 Å². The lowest BCUT2D eigenvalue weighted by Crippen LogP contribution is -2.30. The molecule has 0 bridgehead atoms. The number of methoxy groups -OCH3 is 1. The van der Waals surface area contributed by atoms with Crippen molar-refractivity contribution in [1.29, 1.82) is 0 Å². The second kappa shape index (κ2) is 6.18. The Hall–Kier alpha value is -1.10. The summed E-state index contributed by atoms with van der Waals surface area (Å²) in [6.45, 7) is 5.27. The van der Waals surface area contributed by atoms with Gasteiger partial charge in [-0.1, -0.05) is 17.7 Å². The molecule has 0 aromatic heterocycles. The maximum Gasteiger partial charge on any atom is 0.123 e. The van der Waals surface area contributed by atoms with Gasteiger partial charge in [0.1, 0.15) is 5.75 Å². The van der Waals surface area contributed by atoms with Crippen LogP contribution in [0.3, 0.4) is 0 Å². The van der Waals surface area contributed by atoms with Gasteiger partial charge in [0.25, 0.3) is 0 Å². The standard InChI is InChI=1S/C14H22N2O2/c1-10-3-4-14(18-2)11(5-10)6-15-7-12-8-16-9-13(12)17/h3-5,12-13,15-17H,6-9H2,1-2H3. The first-order chi connectivity index (χ1) is 8.70. The summed E-state index contributed by atoms with van der Waals surface area (Å²) in [6, 6.07) is 6.18. The van der Waals surface area contributed by atoms with Gasteiger partial charge < -0.3 is 20.5 Å². The van der Waals surface area contributed by atoms with Gasteiger partial charge in [-0.25, -0.2) is 0 Å². The number of hydrogen-bond donors (Lipinski definition) is 3. The second-order valence-corrected chi connectivity index (χ2v) is 4.93. The number of aryl methyl sites for hydroxylation is 1. The van der Waals surface area contributed by atoms with E-state index < -0.39 is 0 Å². The van der Waals surface area contributed by atoms with Gasteiger partial charge in [0, 0.05) is 37.7 Å². The van der Waals surface area contributed by atoms with Gasteiger partial charge in [0.2, 0.25) is 0 Å². The number of rotatable bonds is 5. The van der Waals surface area contributed by atoms with E-state index in [-0.39, 0.29) is 6.10 Å². The predicted molar refractivity (Wildman–Crippen MR) is 71.8 cm³/mol. The molecule has 0 amide bonds. The molecule has 1 aliphatic rings. The number of nitrogens with one attached hydrogen (secondary N) is 2. The SMILES string of the molecule is COc1ccc(C)cc1CNCC1CNCC1O. The maximum absolute atomic E-state index is 9.70. The number of aliphatic hydroxyl groups excluding tert-OH is 1. The van der Waals surface area contributed by atoms with Gasteiger partial charge in [-0.05, 0) is 13.0 Å². The Morgan fingerprint density at radius 3 is 2.94 bits per heavy atom. The monoisotopic (exact) mass is 250 g/mol. The van der Waals surface area contributed by atoms with Crippen molar-refractivity contribution in [3.05, 3.63) is 29.3 Å². The van der Waals surface area contributed by atoms with Crippen LogP contribution in [0.1, 0.15) is 11.1 Å².